The van der Waals surface area contributed by atoms with Gasteiger partial charge in [-0.3, -0.25) is 0 Å². The van der Waals surface area contributed by atoms with E-state index in [1.54, 1.807) is 12.1 Å². The zero-order valence-electron chi connectivity index (χ0n) is 10.0. The van der Waals surface area contributed by atoms with Crippen LogP contribution in [-0.4, -0.2) is 14.8 Å². The van der Waals surface area contributed by atoms with Crippen LogP contribution in [0.2, 0.25) is 0 Å². The van der Waals surface area contributed by atoms with Crippen LogP contribution in [0, 0.1) is 5.82 Å². The molecule has 6 heteroatoms. The lowest BCUT2D eigenvalue weighted by Gasteiger charge is -2.10. The summed E-state index contributed by atoms with van der Waals surface area (Å²) in [7, 11) is 0. The largest absolute Gasteiger partial charge is 0.374 e. The molecule has 1 heterocycles. The van der Waals surface area contributed by atoms with E-state index in [2.05, 4.69) is 38.3 Å². The third kappa shape index (κ3) is 2.87. The molecule has 0 saturated heterocycles. The van der Waals surface area contributed by atoms with Crippen LogP contribution in [0.4, 0.5) is 10.1 Å². The Balaban J connectivity index is 2.09. The Kier molecular flexibility index (Phi) is 4.30. The van der Waals surface area contributed by atoms with Crippen LogP contribution < -0.4 is 5.32 Å². The fraction of sp³-hybridized carbons (Fsp3) is 0.333. The smallest absolute Gasteiger partial charge is 0.147 e. The summed E-state index contributed by atoms with van der Waals surface area (Å²) < 4.78 is 16.1. The highest BCUT2D eigenvalue weighted by Gasteiger charge is 2.08. The van der Waals surface area contributed by atoms with Crippen LogP contribution in [-0.2, 0) is 13.1 Å². The van der Waals surface area contributed by atoms with Crippen molar-refractivity contribution in [3.8, 4) is 0 Å². The fourth-order valence-electron chi connectivity index (χ4n) is 1.66. The Hall–Kier alpha value is -1.43. The Labute approximate surface area is 113 Å². The SMILES string of the molecule is CCCn1ncnc1CNc1c(F)cccc1Br. The third-order valence-corrected chi connectivity index (χ3v) is 3.18. The van der Waals surface area contributed by atoms with E-state index in [0.29, 0.717) is 16.7 Å². The molecule has 1 aromatic carbocycles. The maximum atomic E-state index is 13.6. The minimum absolute atomic E-state index is 0.286. The molecule has 0 aliphatic rings. The monoisotopic (exact) mass is 312 g/mol. The molecule has 0 bridgehead atoms. The van der Waals surface area contributed by atoms with Gasteiger partial charge in [-0.1, -0.05) is 13.0 Å². The molecule has 0 saturated carbocycles. The molecule has 0 spiro atoms. The topological polar surface area (TPSA) is 42.7 Å². The molecule has 1 aromatic heterocycles. The van der Waals surface area contributed by atoms with Crippen molar-refractivity contribution in [3.05, 3.63) is 40.6 Å². The van der Waals surface area contributed by atoms with Crippen molar-refractivity contribution in [1.82, 2.24) is 14.8 Å². The molecule has 0 unspecified atom stereocenters. The van der Waals surface area contributed by atoms with Gasteiger partial charge in [0.1, 0.15) is 18.0 Å². The Morgan fingerprint density at radius 3 is 3.00 bits per heavy atom. The van der Waals surface area contributed by atoms with E-state index in [-0.39, 0.29) is 5.82 Å². The van der Waals surface area contributed by atoms with Crippen molar-refractivity contribution in [1.29, 1.82) is 0 Å². The van der Waals surface area contributed by atoms with Gasteiger partial charge in [-0.2, -0.15) is 5.10 Å². The van der Waals surface area contributed by atoms with E-state index < -0.39 is 0 Å². The van der Waals surface area contributed by atoms with Gasteiger partial charge in [-0.05, 0) is 34.5 Å². The van der Waals surface area contributed by atoms with Gasteiger partial charge in [-0.25, -0.2) is 14.1 Å². The van der Waals surface area contributed by atoms with Gasteiger partial charge in [0.25, 0.3) is 0 Å². The van der Waals surface area contributed by atoms with Gasteiger partial charge in [0.05, 0.1) is 12.2 Å². The minimum Gasteiger partial charge on any atom is -0.374 e. The molecule has 2 aromatic rings. The van der Waals surface area contributed by atoms with Crippen molar-refractivity contribution in [3.63, 3.8) is 0 Å². The highest BCUT2D eigenvalue weighted by molar-refractivity contribution is 9.10. The van der Waals surface area contributed by atoms with E-state index in [9.17, 15) is 4.39 Å². The number of para-hydroxylation sites is 1. The Bertz CT molecular complexity index is 506. The molecule has 1 N–H and O–H groups in total. The molecule has 96 valence electrons. The van der Waals surface area contributed by atoms with Gasteiger partial charge in [0, 0.05) is 11.0 Å². The third-order valence-electron chi connectivity index (χ3n) is 2.52. The second-order valence-electron chi connectivity index (χ2n) is 3.85. The van der Waals surface area contributed by atoms with E-state index >= 15 is 0 Å². The van der Waals surface area contributed by atoms with E-state index in [4.69, 9.17) is 0 Å². The van der Waals surface area contributed by atoms with Gasteiger partial charge in [0.15, 0.2) is 0 Å². The number of aryl methyl sites for hydroxylation is 1. The summed E-state index contributed by atoms with van der Waals surface area (Å²) in [5.41, 5.74) is 0.448. The number of nitrogens with one attached hydrogen (secondary N) is 1. The summed E-state index contributed by atoms with van der Waals surface area (Å²) in [6, 6.07) is 4.87. The van der Waals surface area contributed by atoms with Gasteiger partial charge < -0.3 is 5.32 Å². The first kappa shape index (κ1) is 13.0. The molecular weight excluding hydrogens is 299 g/mol. The van der Waals surface area contributed by atoms with Crippen LogP contribution in [0.25, 0.3) is 0 Å². The predicted molar refractivity (Wildman–Crippen MR) is 71.7 cm³/mol. The normalized spacial score (nSPS) is 10.6. The second kappa shape index (κ2) is 5.95. The van der Waals surface area contributed by atoms with Crippen molar-refractivity contribution in [2.24, 2.45) is 0 Å². The zero-order valence-corrected chi connectivity index (χ0v) is 11.6. The molecule has 0 amide bonds. The lowest BCUT2D eigenvalue weighted by atomic mass is 10.3. The van der Waals surface area contributed by atoms with Crippen LogP contribution >= 0.6 is 15.9 Å². The Morgan fingerprint density at radius 1 is 1.44 bits per heavy atom. The van der Waals surface area contributed by atoms with Crippen molar-refractivity contribution in [2.45, 2.75) is 26.4 Å². The number of benzene rings is 1. The number of aromatic nitrogens is 3. The minimum atomic E-state index is -0.286. The van der Waals surface area contributed by atoms with Gasteiger partial charge >= 0.3 is 0 Å². The molecule has 0 fully saturated rings. The molecule has 18 heavy (non-hydrogen) atoms. The van der Waals surface area contributed by atoms with Crippen LogP contribution in [0.5, 0.6) is 0 Å². The summed E-state index contributed by atoms with van der Waals surface area (Å²) in [6.45, 7) is 3.33. The summed E-state index contributed by atoms with van der Waals surface area (Å²) in [5, 5.41) is 7.16. The molecule has 0 atom stereocenters. The first-order valence-corrected chi connectivity index (χ1v) is 6.56. The highest BCUT2D eigenvalue weighted by atomic mass is 79.9. The average Bonchev–Trinajstić information content (AvgIpc) is 2.77. The summed E-state index contributed by atoms with van der Waals surface area (Å²) >= 11 is 3.32. The number of anilines is 1. The summed E-state index contributed by atoms with van der Waals surface area (Å²) in [4.78, 5) is 4.16. The van der Waals surface area contributed by atoms with Crippen LogP contribution in [0.1, 0.15) is 19.2 Å². The van der Waals surface area contributed by atoms with E-state index in [1.807, 2.05) is 4.68 Å². The molecule has 2 rings (SSSR count). The second-order valence-corrected chi connectivity index (χ2v) is 4.70. The maximum Gasteiger partial charge on any atom is 0.147 e. The van der Waals surface area contributed by atoms with E-state index in [0.717, 1.165) is 18.8 Å². The molecular formula is C12H14BrFN4. The lowest BCUT2D eigenvalue weighted by molar-refractivity contribution is 0.572. The molecule has 4 nitrogen and oxygen atoms in total. The summed E-state index contributed by atoms with van der Waals surface area (Å²) in [6.07, 6.45) is 2.50. The maximum absolute atomic E-state index is 13.6. The van der Waals surface area contributed by atoms with Gasteiger partial charge in [0.2, 0.25) is 0 Å². The van der Waals surface area contributed by atoms with Crippen LogP contribution in [0.15, 0.2) is 29.0 Å². The molecule has 0 aliphatic heterocycles. The Morgan fingerprint density at radius 2 is 2.28 bits per heavy atom. The zero-order chi connectivity index (χ0) is 13.0. The van der Waals surface area contributed by atoms with E-state index in [1.165, 1.54) is 12.4 Å². The summed E-state index contributed by atoms with van der Waals surface area (Å²) in [5.74, 6) is 0.512. The van der Waals surface area contributed by atoms with Gasteiger partial charge in [-0.15, -0.1) is 0 Å². The number of hydrogen-bond acceptors (Lipinski definition) is 3. The highest BCUT2D eigenvalue weighted by Crippen LogP contribution is 2.25. The predicted octanol–water partition coefficient (Wildman–Crippen LogP) is 3.20. The number of hydrogen-bond donors (Lipinski definition) is 1. The molecule has 0 radical (unpaired) electrons. The first-order chi connectivity index (χ1) is 8.72. The van der Waals surface area contributed by atoms with Crippen molar-refractivity contribution < 1.29 is 4.39 Å². The first-order valence-electron chi connectivity index (χ1n) is 5.77. The molecule has 0 aliphatic carbocycles. The fourth-order valence-corrected chi connectivity index (χ4v) is 2.14. The number of nitrogens with zero attached hydrogens (tertiary/aromatic N) is 3. The number of halogens is 2. The van der Waals surface area contributed by atoms with Crippen molar-refractivity contribution >= 4 is 21.6 Å². The number of rotatable bonds is 5. The average molecular weight is 313 g/mol. The van der Waals surface area contributed by atoms with Crippen LogP contribution in [0.3, 0.4) is 0 Å². The van der Waals surface area contributed by atoms with Crippen molar-refractivity contribution in [2.75, 3.05) is 5.32 Å². The standard InChI is InChI=1S/C12H14BrFN4/c1-2-6-18-11(16-8-17-18)7-15-12-9(13)4-3-5-10(12)14/h3-5,8,15H,2,6-7H2,1H3. The lowest BCUT2D eigenvalue weighted by Crippen LogP contribution is -2.11. The quantitative estimate of drug-likeness (QED) is 0.922.